The minimum atomic E-state index is -0.182. The molecule has 6 heteroatoms. The lowest BCUT2D eigenvalue weighted by Crippen LogP contribution is -2.22. The van der Waals surface area contributed by atoms with E-state index >= 15 is 0 Å². The number of para-hydroxylation sites is 1. The Morgan fingerprint density at radius 2 is 2.04 bits per heavy atom. The van der Waals surface area contributed by atoms with Gasteiger partial charge in [0, 0.05) is 16.2 Å². The Labute approximate surface area is 141 Å². The van der Waals surface area contributed by atoms with Gasteiger partial charge in [-0.2, -0.15) is 0 Å². The van der Waals surface area contributed by atoms with Gasteiger partial charge in [-0.25, -0.2) is 4.98 Å². The smallest absolute Gasteiger partial charge is 0.251 e. The number of anilines is 2. The van der Waals surface area contributed by atoms with Crippen molar-refractivity contribution in [3.8, 4) is 0 Å². The van der Waals surface area contributed by atoms with Crippen LogP contribution in [0.15, 0.2) is 69.9 Å². The number of halogens is 1. The van der Waals surface area contributed by atoms with E-state index in [1.54, 1.807) is 30.7 Å². The molecule has 0 bridgehead atoms. The Kier molecular flexibility index (Phi) is 4.73. The van der Waals surface area contributed by atoms with Crippen LogP contribution in [0.3, 0.4) is 0 Å². The Hall–Kier alpha value is -2.60. The summed E-state index contributed by atoms with van der Waals surface area (Å²) in [4.78, 5) is 16.4. The number of carbonyl (C=O) groups excluding carboxylic acids is 1. The van der Waals surface area contributed by atoms with Gasteiger partial charge < -0.3 is 15.1 Å². The predicted octanol–water partition coefficient (Wildman–Crippen LogP) is 4.11. The first kappa shape index (κ1) is 15.3. The summed E-state index contributed by atoms with van der Waals surface area (Å²) in [5.41, 5.74) is 1.41. The zero-order chi connectivity index (χ0) is 16.1. The molecule has 0 aliphatic heterocycles. The van der Waals surface area contributed by atoms with Crippen molar-refractivity contribution in [3.63, 3.8) is 0 Å². The van der Waals surface area contributed by atoms with Crippen LogP contribution in [0.4, 0.5) is 11.5 Å². The van der Waals surface area contributed by atoms with E-state index in [9.17, 15) is 4.79 Å². The van der Waals surface area contributed by atoms with E-state index in [0.717, 1.165) is 10.2 Å². The van der Waals surface area contributed by atoms with Crippen LogP contribution in [0.5, 0.6) is 0 Å². The highest BCUT2D eigenvalue weighted by Gasteiger charge is 2.08. The number of furan rings is 1. The summed E-state index contributed by atoms with van der Waals surface area (Å²) in [6.45, 7) is 0.348. The molecule has 2 heterocycles. The average Bonchev–Trinajstić information content (AvgIpc) is 3.08. The molecule has 0 atom stereocenters. The lowest BCUT2D eigenvalue weighted by Gasteiger charge is -2.09. The van der Waals surface area contributed by atoms with E-state index in [-0.39, 0.29) is 5.91 Å². The van der Waals surface area contributed by atoms with Gasteiger partial charge in [0.25, 0.3) is 5.91 Å². The molecular formula is C17H14BrN3O2. The summed E-state index contributed by atoms with van der Waals surface area (Å²) >= 11 is 3.47. The Morgan fingerprint density at radius 3 is 2.83 bits per heavy atom. The minimum absolute atomic E-state index is 0.182. The van der Waals surface area contributed by atoms with Crippen LogP contribution in [0.1, 0.15) is 16.1 Å². The molecule has 1 amide bonds. The molecule has 3 aromatic rings. The molecule has 0 unspecified atom stereocenters. The van der Waals surface area contributed by atoms with E-state index in [0.29, 0.717) is 23.7 Å². The summed E-state index contributed by atoms with van der Waals surface area (Å²) in [5, 5.41) is 5.99. The molecule has 3 rings (SSSR count). The molecule has 23 heavy (non-hydrogen) atoms. The fourth-order valence-corrected chi connectivity index (χ4v) is 2.41. The second kappa shape index (κ2) is 7.11. The maximum absolute atomic E-state index is 12.2. The molecule has 2 aromatic heterocycles. The number of aromatic nitrogens is 1. The standard InChI is InChI=1S/C17H14BrN3O2/c18-14-5-1-2-6-15(14)21-16-10-12(7-8-19-16)17(22)20-11-13-4-3-9-23-13/h1-10H,11H2,(H,19,21)(H,20,22). The Balaban J connectivity index is 1.69. The van der Waals surface area contributed by atoms with Crippen molar-refractivity contribution in [1.29, 1.82) is 0 Å². The highest BCUT2D eigenvalue weighted by molar-refractivity contribution is 9.10. The van der Waals surface area contributed by atoms with E-state index in [4.69, 9.17) is 4.42 Å². The van der Waals surface area contributed by atoms with Crippen molar-refractivity contribution < 1.29 is 9.21 Å². The molecule has 0 aliphatic carbocycles. The maximum atomic E-state index is 12.2. The van der Waals surface area contributed by atoms with Gasteiger partial charge in [0.15, 0.2) is 0 Å². The van der Waals surface area contributed by atoms with E-state index in [1.165, 1.54) is 0 Å². The van der Waals surface area contributed by atoms with Crippen molar-refractivity contribution in [2.45, 2.75) is 6.54 Å². The number of hydrogen-bond acceptors (Lipinski definition) is 4. The van der Waals surface area contributed by atoms with Crippen molar-refractivity contribution in [3.05, 3.63) is 76.8 Å². The first-order valence-corrected chi connectivity index (χ1v) is 7.80. The molecule has 116 valence electrons. The Bertz CT molecular complexity index is 803. The lowest BCUT2D eigenvalue weighted by atomic mass is 10.2. The van der Waals surface area contributed by atoms with Crippen LogP contribution in [0, 0.1) is 0 Å². The number of carbonyl (C=O) groups is 1. The van der Waals surface area contributed by atoms with Gasteiger partial charge in [-0.05, 0) is 52.3 Å². The van der Waals surface area contributed by atoms with Crippen LogP contribution in [0.2, 0.25) is 0 Å². The van der Waals surface area contributed by atoms with Gasteiger partial charge in [-0.15, -0.1) is 0 Å². The van der Waals surface area contributed by atoms with Crippen molar-refractivity contribution in [1.82, 2.24) is 10.3 Å². The monoisotopic (exact) mass is 371 g/mol. The van der Waals surface area contributed by atoms with Crippen LogP contribution in [-0.2, 0) is 6.54 Å². The number of nitrogens with one attached hydrogen (secondary N) is 2. The molecule has 0 fully saturated rings. The molecular weight excluding hydrogens is 358 g/mol. The third kappa shape index (κ3) is 3.98. The van der Waals surface area contributed by atoms with E-state index in [1.807, 2.05) is 30.3 Å². The second-order valence-electron chi connectivity index (χ2n) is 4.80. The SMILES string of the molecule is O=C(NCc1ccco1)c1ccnc(Nc2ccccc2Br)c1. The van der Waals surface area contributed by atoms with Crippen molar-refractivity contribution in [2.75, 3.05) is 5.32 Å². The van der Waals surface area contributed by atoms with Crippen molar-refractivity contribution >= 4 is 33.3 Å². The number of amides is 1. The zero-order valence-corrected chi connectivity index (χ0v) is 13.7. The Morgan fingerprint density at radius 1 is 1.17 bits per heavy atom. The summed E-state index contributed by atoms with van der Waals surface area (Å²) in [6, 6.07) is 14.7. The van der Waals surface area contributed by atoms with Crippen LogP contribution >= 0.6 is 15.9 Å². The number of rotatable bonds is 5. The topological polar surface area (TPSA) is 67.2 Å². The number of hydrogen-bond donors (Lipinski definition) is 2. The minimum Gasteiger partial charge on any atom is -0.467 e. The summed E-state index contributed by atoms with van der Waals surface area (Å²) < 4.78 is 6.12. The highest BCUT2D eigenvalue weighted by atomic mass is 79.9. The zero-order valence-electron chi connectivity index (χ0n) is 12.1. The van der Waals surface area contributed by atoms with E-state index in [2.05, 4.69) is 31.5 Å². The van der Waals surface area contributed by atoms with Gasteiger partial charge in [0.1, 0.15) is 11.6 Å². The van der Waals surface area contributed by atoms with Crippen LogP contribution in [-0.4, -0.2) is 10.9 Å². The van der Waals surface area contributed by atoms with E-state index < -0.39 is 0 Å². The van der Waals surface area contributed by atoms with Gasteiger partial charge in [-0.1, -0.05) is 12.1 Å². The molecule has 0 radical (unpaired) electrons. The highest BCUT2D eigenvalue weighted by Crippen LogP contribution is 2.24. The quantitative estimate of drug-likeness (QED) is 0.707. The van der Waals surface area contributed by atoms with Gasteiger partial charge in [-0.3, -0.25) is 4.79 Å². The van der Waals surface area contributed by atoms with Gasteiger partial charge in [0.05, 0.1) is 18.5 Å². The first-order valence-electron chi connectivity index (χ1n) is 7.00. The second-order valence-corrected chi connectivity index (χ2v) is 5.65. The third-order valence-electron chi connectivity index (χ3n) is 3.16. The molecule has 0 saturated carbocycles. The summed E-state index contributed by atoms with van der Waals surface area (Å²) in [6.07, 6.45) is 3.18. The van der Waals surface area contributed by atoms with Gasteiger partial charge >= 0.3 is 0 Å². The molecule has 5 nitrogen and oxygen atoms in total. The fraction of sp³-hybridized carbons (Fsp3) is 0.0588. The number of benzene rings is 1. The first-order chi connectivity index (χ1) is 11.2. The van der Waals surface area contributed by atoms with Crippen LogP contribution in [0.25, 0.3) is 0 Å². The average molecular weight is 372 g/mol. The third-order valence-corrected chi connectivity index (χ3v) is 3.85. The molecule has 0 aliphatic rings. The van der Waals surface area contributed by atoms with Crippen molar-refractivity contribution in [2.24, 2.45) is 0 Å². The molecule has 1 aromatic carbocycles. The maximum Gasteiger partial charge on any atom is 0.251 e. The number of pyridine rings is 1. The fourth-order valence-electron chi connectivity index (χ4n) is 2.02. The largest absolute Gasteiger partial charge is 0.467 e. The molecule has 0 saturated heterocycles. The van der Waals surface area contributed by atoms with Gasteiger partial charge in [0.2, 0.25) is 0 Å². The molecule has 0 spiro atoms. The summed E-state index contributed by atoms with van der Waals surface area (Å²) in [5.74, 6) is 1.13. The lowest BCUT2D eigenvalue weighted by molar-refractivity contribution is 0.0948. The predicted molar refractivity (Wildman–Crippen MR) is 91.5 cm³/mol. The summed E-state index contributed by atoms with van der Waals surface area (Å²) in [7, 11) is 0. The molecule has 2 N–H and O–H groups in total. The van der Waals surface area contributed by atoms with Crippen LogP contribution < -0.4 is 10.6 Å². The normalized spacial score (nSPS) is 10.3. The number of nitrogens with zero attached hydrogens (tertiary/aromatic N) is 1.